The molecule has 0 radical (unpaired) electrons. The molecule has 1 aliphatic carbocycles. The van der Waals surface area contributed by atoms with Gasteiger partial charge in [0.05, 0.1) is 6.04 Å². The minimum atomic E-state index is -0.256. The van der Waals surface area contributed by atoms with Gasteiger partial charge in [0.1, 0.15) is 5.82 Å². The number of aryl methyl sites for hydroxylation is 1. The molecule has 5 atom stereocenters. The number of urea groups is 1. The lowest BCUT2D eigenvalue weighted by molar-refractivity contribution is 0.0961. The molecular formula is C22H26FN5O. The van der Waals surface area contributed by atoms with E-state index in [9.17, 15) is 9.18 Å². The van der Waals surface area contributed by atoms with Gasteiger partial charge in [-0.3, -0.25) is 10.4 Å². The Labute approximate surface area is 169 Å². The Bertz CT molecular complexity index is 904. The maximum atomic E-state index is 13.2. The van der Waals surface area contributed by atoms with Crippen LogP contribution in [0.3, 0.4) is 0 Å². The zero-order valence-corrected chi connectivity index (χ0v) is 16.4. The quantitative estimate of drug-likeness (QED) is 0.747. The van der Waals surface area contributed by atoms with E-state index in [4.69, 9.17) is 0 Å². The molecule has 2 aliphatic heterocycles. The van der Waals surface area contributed by atoms with Gasteiger partial charge in [-0.1, -0.05) is 12.1 Å². The van der Waals surface area contributed by atoms with E-state index in [0.717, 1.165) is 30.6 Å². The van der Waals surface area contributed by atoms with E-state index in [1.807, 2.05) is 18.0 Å². The first kappa shape index (κ1) is 18.5. The van der Waals surface area contributed by atoms with Crippen LogP contribution in [0.5, 0.6) is 0 Å². The summed E-state index contributed by atoms with van der Waals surface area (Å²) < 4.78 is 13.2. The first-order valence-corrected chi connectivity index (χ1v) is 10.3. The number of fused-ring (bicyclic) bond motifs is 2. The normalized spacial score (nSPS) is 31.2. The van der Waals surface area contributed by atoms with Crippen LogP contribution in [0.25, 0.3) is 0 Å². The molecule has 3 aliphatic rings. The van der Waals surface area contributed by atoms with Crippen LogP contribution in [-0.2, 0) is 6.54 Å². The summed E-state index contributed by atoms with van der Waals surface area (Å²) in [7, 11) is 0. The second kappa shape index (κ2) is 7.39. The third-order valence-corrected chi connectivity index (χ3v) is 6.64. The molecule has 2 amide bonds. The highest BCUT2D eigenvalue weighted by molar-refractivity contribution is 5.75. The van der Waals surface area contributed by atoms with E-state index in [1.54, 1.807) is 12.1 Å². The fourth-order valence-corrected chi connectivity index (χ4v) is 5.19. The van der Waals surface area contributed by atoms with Crippen molar-refractivity contribution in [3.05, 3.63) is 65.2 Å². The summed E-state index contributed by atoms with van der Waals surface area (Å²) in [6.07, 6.45) is 3.84. The molecule has 3 N–H and O–H groups in total. The number of hydrogen-bond acceptors (Lipinski definition) is 4. The Morgan fingerprint density at radius 3 is 2.76 bits per heavy atom. The third-order valence-electron chi connectivity index (χ3n) is 6.64. The van der Waals surface area contributed by atoms with Crippen molar-refractivity contribution >= 4 is 6.03 Å². The smallest absolute Gasteiger partial charge is 0.317 e. The Morgan fingerprint density at radius 2 is 1.97 bits per heavy atom. The van der Waals surface area contributed by atoms with E-state index < -0.39 is 0 Å². The lowest BCUT2D eigenvalue weighted by atomic mass is 9.71. The number of carbonyl (C=O) groups is 1. The molecule has 1 saturated carbocycles. The average Bonchev–Trinajstić information content (AvgIpc) is 3.11. The standard InChI is InChI=1S/C22H26FN5O/c1-13-8-15(6-7-24-13)21-18-9-16-12-28(11-14-2-4-17(23)5-3-14)22(29)25-19(16)10-20(18)26-27-21/h2-8,16,18-21,26-27H,9-12H2,1H3,(H,25,29). The predicted octanol–water partition coefficient (Wildman–Crippen LogP) is 2.67. The first-order valence-electron chi connectivity index (χ1n) is 10.3. The van der Waals surface area contributed by atoms with Gasteiger partial charge in [-0.15, -0.1) is 0 Å². The van der Waals surface area contributed by atoms with E-state index in [1.165, 1.54) is 17.7 Å². The summed E-state index contributed by atoms with van der Waals surface area (Å²) in [5.74, 6) is 0.621. The lowest BCUT2D eigenvalue weighted by Crippen LogP contribution is -2.60. The van der Waals surface area contributed by atoms with Gasteiger partial charge in [0.25, 0.3) is 0 Å². The van der Waals surface area contributed by atoms with Gasteiger partial charge in [-0.05, 0) is 67.0 Å². The molecule has 6 nitrogen and oxygen atoms in total. The van der Waals surface area contributed by atoms with Crippen molar-refractivity contribution in [1.29, 1.82) is 0 Å². The van der Waals surface area contributed by atoms with Crippen molar-refractivity contribution in [2.24, 2.45) is 11.8 Å². The van der Waals surface area contributed by atoms with E-state index in [0.29, 0.717) is 24.4 Å². The maximum Gasteiger partial charge on any atom is 0.317 e. The van der Waals surface area contributed by atoms with Crippen LogP contribution in [0.2, 0.25) is 0 Å². The molecule has 152 valence electrons. The molecule has 5 rings (SSSR count). The SMILES string of the molecule is Cc1cc(C2NNC3CC4NC(=O)N(Cc5ccc(F)cc5)CC4CC32)ccn1. The highest BCUT2D eigenvalue weighted by Gasteiger charge is 2.47. The van der Waals surface area contributed by atoms with Crippen LogP contribution in [0, 0.1) is 24.6 Å². The summed E-state index contributed by atoms with van der Waals surface area (Å²) in [5.41, 5.74) is 10.2. The second-order valence-corrected chi connectivity index (χ2v) is 8.56. The molecule has 1 aromatic heterocycles. The number of hydrogen-bond donors (Lipinski definition) is 3. The number of benzene rings is 1. The second-order valence-electron chi connectivity index (χ2n) is 8.56. The number of rotatable bonds is 3. The minimum absolute atomic E-state index is 0.0266. The number of pyridine rings is 1. The predicted molar refractivity (Wildman–Crippen MR) is 107 cm³/mol. The number of carbonyl (C=O) groups excluding carboxylic acids is 1. The molecule has 3 heterocycles. The number of hydrazine groups is 1. The highest BCUT2D eigenvalue weighted by atomic mass is 19.1. The van der Waals surface area contributed by atoms with Crippen LogP contribution in [0.15, 0.2) is 42.6 Å². The van der Waals surface area contributed by atoms with Gasteiger partial charge in [-0.25, -0.2) is 14.6 Å². The number of nitrogens with one attached hydrogen (secondary N) is 3. The number of amides is 2. The van der Waals surface area contributed by atoms with E-state index in [-0.39, 0.29) is 23.9 Å². The molecule has 5 unspecified atom stereocenters. The van der Waals surface area contributed by atoms with Crippen molar-refractivity contribution in [3.63, 3.8) is 0 Å². The summed E-state index contributed by atoms with van der Waals surface area (Å²) in [6, 6.07) is 11.4. The largest absolute Gasteiger partial charge is 0.335 e. The Kier molecular flexibility index (Phi) is 4.72. The van der Waals surface area contributed by atoms with Crippen LogP contribution in [0.1, 0.15) is 35.7 Å². The van der Waals surface area contributed by atoms with Gasteiger partial charge < -0.3 is 10.2 Å². The zero-order chi connectivity index (χ0) is 20.0. The fraction of sp³-hybridized carbons (Fsp3) is 0.455. The number of aromatic nitrogens is 1. The topological polar surface area (TPSA) is 69.3 Å². The average molecular weight is 395 g/mol. The van der Waals surface area contributed by atoms with Gasteiger partial charge in [0.2, 0.25) is 0 Å². The molecule has 2 aromatic rings. The van der Waals surface area contributed by atoms with Crippen LogP contribution >= 0.6 is 0 Å². The van der Waals surface area contributed by atoms with Crippen LogP contribution in [-0.4, -0.2) is 34.5 Å². The number of nitrogens with zero attached hydrogens (tertiary/aromatic N) is 2. The molecular weight excluding hydrogens is 369 g/mol. The maximum absolute atomic E-state index is 13.2. The molecule has 3 fully saturated rings. The highest BCUT2D eigenvalue weighted by Crippen LogP contribution is 2.41. The first-order chi connectivity index (χ1) is 14.1. The van der Waals surface area contributed by atoms with Crippen molar-refractivity contribution in [1.82, 2.24) is 26.1 Å². The number of halogens is 1. The van der Waals surface area contributed by atoms with Gasteiger partial charge in [0, 0.05) is 37.1 Å². The van der Waals surface area contributed by atoms with E-state index in [2.05, 4.69) is 33.3 Å². The molecule has 2 saturated heterocycles. The molecule has 7 heteroatoms. The van der Waals surface area contributed by atoms with Crippen LogP contribution < -0.4 is 16.2 Å². The summed E-state index contributed by atoms with van der Waals surface area (Å²) in [6.45, 7) is 3.26. The van der Waals surface area contributed by atoms with Gasteiger partial charge in [0.15, 0.2) is 0 Å². The molecule has 0 bridgehead atoms. The molecule has 1 aromatic carbocycles. The van der Waals surface area contributed by atoms with Gasteiger partial charge >= 0.3 is 6.03 Å². The summed E-state index contributed by atoms with van der Waals surface area (Å²) in [5, 5.41) is 3.21. The summed E-state index contributed by atoms with van der Waals surface area (Å²) >= 11 is 0. The van der Waals surface area contributed by atoms with Crippen LogP contribution in [0.4, 0.5) is 9.18 Å². The minimum Gasteiger partial charge on any atom is -0.335 e. The Hall–Kier alpha value is -2.51. The summed E-state index contributed by atoms with van der Waals surface area (Å²) in [4.78, 5) is 18.8. The third kappa shape index (κ3) is 3.60. The Balaban J connectivity index is 1.31. The zero-order valence-electron chi connectivity index (χ0n) is 16.4. The van der Waals surface area contributed by atoms with E-state index >= 15 is 0 Å². The fourth-order valence-electron chi connectivity index (χ4n) is 5.19. The van der Waals surface area contributed by atoms with Crippen molar-refractivity contribution in [3.8, 4) is 0 Å². The van der Waals surface area contributed by atoms with Gasteiger partial charge in [-0.2, -0.15) is 0 Å². The van der Waals surface area contributed by atoms with Crippen molar-refractivity contribution in [2.45, 2.75) is 44.4 Å². The molecule has 29 heavy (non-hydrogen) atoms. The Morgan fingerprint density at radius 1 is 1.14 bits per heavy atom. The van der Waals surface area contributed by atoms with Crippen molar-refractivity contribution in [2.75, 3.05) is 6.54 Å². The lowest BCUT2D eigenvalue weighted by Gasteiger charge is -2.45. The van der Waals surface area contributed by atoms with Crippen molar-refractivity contribution < 1.29 is 9.18 Å². The monoisotopic (exact) mass is 395 g/mol. The molecule has 0 spiro atoms.